The van der Waals surface area contributed by atoms with Crippen molar-refractivity contribution in [1.82, 2.24) is 9.55 Å². The highest BCUT2D eigenvalue weighted by molar-refractivity contribution is 7.92. The highest BCUT2D eigenvalue weighted by Crippen LogP contribution is 2.26. The topological polar surface area (TPSA) is 127 Å². The zero-order valence-electron chi connectivity index (χ0n) is 16.3. The third-order valence-corrected chi connectivity index (χ3v) is 7.08. The van der Waals surface area contributed by atoms with Crippen LogP contribution in [0.2, 0.25) is 5.02 Å². The normalized spacial score (nSPS) is 11.4. The van der Waals surface area contributed by atoms with Crippen LogP contribution in [-0.2, 0) is 14.8 Å². The molecule has 0 radical (unpaired) electrons. The lowest BCUT2D eigenvalue weighted by Crippen LogP contribution is -2.33. The van der Waals surface area contributed by atoms with E-state index in [1.54, 1.807) is 23.6 Å². The molecule has 0 saturated heterocycles. The molecular formula is C20H14ClN3O6S2. The Kier molecular flexibility index (Phi) is 5.63. The van der Waals surface area contributed by atoms with Gasteiger partial charge in [-0.3, -0.25) is 14.5 Å². The van der Waals surface area contributed by atoms with Crippen molar-refractivity contribution in [1.29, 1.82) is 0 Å². The van der Waals surface area contributed by atoms with Gasteiger partial charge in [0.15, 0.2) is 0 Å². The Labute approximate surface area is 189 Å². The van der Waals surface area contributed by atoms with E-state index in [2.05, 4.69) is 14.4 Å². The summed E-state index contributed by atoms with van der Waals surface area (Å²) in [5.41, 5.74) is -1.47. The predicted octanol–water partition coefficient (Wildman–Crippen LogP) is 2.98. The van der Waals surface area contributed by atoms with E-state index in [4.69, 9.17) is 11.6 Å². The number of aromatic nitrogens is 2. The molecule has 0 bridgehead atoms. The molecule has 164 valence electrons. The SMILES string of the molecule is COC(=O)c1ccccc1NS(=O)(=O)c1ccc(Cl)c(-n2c(=O)[nH]c3sccc3c2=O)c1. The number of methoxy groups -OCH3 is 1. The smallest absolute Gasteiger partial charge is 0.339 e. The molecule has 12 heteroatoms. The van der Waals surface area contributed by atoms with Crippen LogP contribution in [0.4, 0.5) is 5.69 Å². The van der Waals surface area contributed by atoms with Crippen molar-refractivity contribution in [3.05, 3.63) is 85.3 Å². The van der Waals surface area contributed by atoms with E-state index in [1.165, 1.54) is 42.7 Å². The molecule has 0 spiro atoms. The van der Waals surface area contributed by atoms with Crippen LogP contribution in [0.5, 0.6) is 0 Å². The van der Waals surface area contributed by atoms with Gasteiger partial charge in [0.25, 0.3) is 15.6 Å². The number of nitrogens with zero attached hydrogens (tertiary/aromatic N) is 1. The van der Waals surface area contributed by atoms with Gasteiger partial charge in [0, 0.05) is 0 Å². The molecule has 9 nitrogen and oxygen atoms in total. The molecule has 4 aromatic rings. The first-order chi connectivity index (χ1) is 15.2. The number of carbonyl (C=O) groups is 1. The Morgan fingerprint density at radius 2 is 1.91 bits per heavy atom. The minimum atomic E-state index is -4.22. The molecule has 2 aromatic carbocycles. The molecule has 32 heavy (non-hydrogen) atoms. The second kappa shape index (κ2) is 8.26. The van der Waals surface area contributed by atoms with E-state index in [-0.39, 0.29) is 32.2 Å². The van der Waals surface area contributed by atoms with Gasteiger partial charge >= 0.3 is 11.7 Å². The summed E-state index contributed by atoms with van der Waals surface area (Å²) in [5, 5.41) is 1.92. The summed E-state index contributed by atoms with van der Waals surface area (Å²) in [7, 11) is -3.04. The van der Waals surface area contributed by atoms with Crippen molar-refractivity contribution in [3.63, 3.8) is 0 Å². The lowest BCUT2D eigenvalue weighted by atomic mass is 10.2. The van der Waals surface area contributed by atoms with E-state index < -0.39 is 27.2 Å². The van der Waals surface area contributed by atoms with Gasteiger partial charge in [-0.15, -0.1) is 11.3 Å². The van der Waals surface area contributed by atoms with Gasteiger partial charge < -0.3 is 4.74 Å². The monoisotopic (exact) mass is 491 g/mol. The molecule has 0 atom stereocenters. The fourth-order valence-corrected chi connectivity index (χ4v) is 5.12. The summed E-state index contributed by atoms with van der Waals surface area (Å²) < 4.78 is 33.8. The van der Waals surface area contributed by atoms with Crippen molar-refractivity contribution in [2.24, 2.45) is 0 Å². The van der Waals surface area contributed by atoms with Gasteiger partial charge in [0.2, 0.25) is 0 Å². The van der Waals surface area contributed by atoms with Crippen LogP contribution in [0, 0.1) is 0 Å². The van der Waals surface area contributed by atoms with Crippen molar-refractivity contribution in [2.45, 2.75) is 4.90 Å². The third kappa shape index (κ3) is 3.81. The molecule has 2 aromatic heterocycles. The maximum absolute atomic E-state index is 13.0. The quantitative estimate of drug-likeness (QED) is 0.413. The first kappa shape index (κ1) is 21.8. The molecule has 0 aliphatic heterocycles. The predicted molar refractivity (Wildman–Crippen MR) is 122 cm³/mol. The van der Waals surface area contributed by atoms with E-state index in [9.17, 15) is 22.8 Å². The molecular weight excluding hydrogens is 478 g/mol. The maximum Gasteiger partial charge on any atom is 0.339 e. The molecule has 0 saturated carbocycles. The number of H-pyrrole nitrogens is 1. The van der Waals surface area contributed by atoms with Crippen LogP contribution >= 0.6 is 22.9 Å². The Balaban J connectivity index is 1.83. The number of sulfonamides is 1. The number of carbonyl (C=O) groups excluding carboxylic acids is 1. The Hall–Kier alpha value is -3.41. The number of fused-ring (bicyclic) bond motifs is 1. The fourth-order valence-electron chi connectivity index (χ4n) is 3.05. The zero-order valence-corrected chi connectivity index (χ0v) is 18.7. The average molecular weight is 492 g/mol. The van der Waals surface area contributed by atoms with Crippen LogP contribution in [0.1, 0.15) is 10.4 Å². The maximum atomic E-state index is 13.0. The number of rotatable bonds is 5. The summed E-state index contributed by atoms with van der Waals surface area (Å²) in [4.78, 5) is 40.1. The number of benzene rings is 2. The molecule has 4 rings (SSSR count). The van der Waals surface area contributed by atoms with Crippen LogP contribution in [0.25, 0.3) is 15.9 Å². The molecule has 2 heterocycles. The average Bonchev–Trinajstić information content (AvgIpc) is 3.23. The van der Waals surface area contributed by atoms with Gasteiger partial charge in [-0.05, 0) is 41.8 Å². The van der Waals surface area contributed by atoms with E-state index in [1.807, 2.05) is 0 Å². The van der Waals surface area contributed by atoms with Crippen molar-refractivity contribution >= 4 is 54.8 Å². The Bertz CT molecular complexity index is 1590. The van der Waals surface area contributed by atoms with Crippen molar-refractivity contribution in [3.8, 4) is 5.69 Å². The lowest BCUT2D eigenvalue weighted by molar-refractivity contribution is 0.0602. The van der Waals surface area contributed by atoms with Crippen LogP contribution in [0.15, 0.2) is 68.4 Å². The fraction of sp³-hybridized carbons (Fsp3) is 0.0500. The van der Waals surface area contributed by atoms with Crippen molar-refractivity contribution in [2.75, 3.05) is 11.8 Å². The summed E-state index contributed by atoms with van der Waals surface area (Å²) in [5.74, 6) is -0.720. The zero-order chi connectivity index (χ0) is 23.0. The van der Waals surface area contributed by atoms with Crippen molar-refractivity contribution < 1.29 is 17.9 Å². The highest BCUT2D eigenvalue weighted by Gasteiger charge is 2.22. The number of thiophene rings is 1. The first-order valence-corrected chi connectivity index (χ1v) is 11.7. The van der Waals surface area contributed by atoms with Gasteiger partial charge in [0.05, 0.1) is 39.4 Å². The van der Waals surface area contributed by atoms with Crippen LogP contribution in [0.3, 0.4) is 0 Å². The van der Waals surface area contributed by atoms with Gasteiger partial charge in [0.1, 0.15) is 4.83 Å². The highest BCUT2D eigenvalue weighted by atomic mass is 35.5. The Morgan fingerprint density at radius 3 is 2.66 bits per heavy atom. The van der Waals surface area contributed by atoms with Gasteiger partial charge in [-0.25, -0.2) is 22.6 Å². The van der Waals surface area contributed by atoms with E-state index >= 15 is 0 Å². The minimum absolute atomic E-state index is 0.00101. The lowest BCUT2D eigenvalue weighted by Gasteiger charge is -2.13. The van der Waals surface area contributed by atoms with Crippen LogP contribution in [-0.4, -0.2) is 31.0 Å². The molecule has 0 aliphatic carbocycles. The van der Waals surface area contributed by atoms with Gasteiger partial charge in [-0.1, -0.05) is 23.7 Å². The van der Waals surface area contributed by atoms with Gasteiger partial charge in [-0.2, -0.15) is 0 Å². The second-order valence-electron chi connectivity index (χ2n) is 6.49. The number of esters is 1. The molecule has 0 amide bonds. The molecule has 0 unspecified atom stereocenters. The molecule has 0 aliphatic rings. The molecule has 0 fully saturated rings. The number of ether oxygens (including phenoxy) is 1. The third-order valence-electron chi connectivity index (χ3n) is 4.57. The summed E-state index contributed by atoms with van der Waals surface area (Å²) in [6.45, 7) is 0. The minimum Gasteiger partial charge on any atom is -0.465 e. The Morgan fingerprint density at radius 1 is 1.16 bits per heavy atom. The summed E-state index contributed by atoms with van der Waals surface area (Å²) in [6.07, 6.45) is 0. The number of hydrogen-bond acceptors (Lipinski definition) is 7. The number of anilines is 1. The first-order valence-electron chi connectivity index (χ1n) is 8.95. The number of nitrogens with one attached hydrogen (secondary N) is 2. The molecule has 2 N–H and O–H groups in total. The summed E-state index contributed by atoms with van der Waals surface area (Å²) >= 11 is 7.40. The second-order valence-corrected chi connectivity index (χ2v) is 9.50. The number of para-hydroxylation sites is 1. The largest absolute Gasteiger partial charge is 0.465 e. The van der Waals surface area contributed by atoms with Crippen LogP contribution < -0.4 is 16.0 Å². The number of hydrogen-bond donors (Lipinski definition) is 2. The summed E-state index contributed by atoms with van der Waals surface area (Å²) in [6, 6.07) is 11.1. The standard InChI is InChI=1S/C20H14ClN3O6S2/c1-30-19(26)12-4-2-3-5-15(12)23-32(28,29)11-6-7-14(21)16(10-11)24-18(25)13-8-9-31-17(13)22-20(24)27/h2-10,23H,1H3,(H,22,27). The number of aromatic amines is 1. The number of halogens is 1. The van der Waals surface area contributed by atoms with E-state index in [0.29, 0.717) is 4.83 Å². The van der Waals surface area contributed by atoms with E-state index in [0.717, 1.165) is 10.6 Å².